The molecule has 0 bridgehead atoms. The van der Waals surface area contributed by atoms with Gasteiger partial charge in [-0.1, -0.05) is 0 Å². The second-order valence-electron chi connectivity index (χ2n) is 4.37. The van der Waals surface area contributed by atoms with Crippen LogP contribution in [0.3, 0.4) is 0 Å². The van der Waals surface area contributed by atoms with Crippen molar-refractivity contribution in [2.24, 2.45) is 0 Å². The molecule has 2 nitrogen and oxygen atoms in total. The SMILES string of the molecule is C=CC(=O)NC([CH2][Na])CCCCCCCC. The Morgan fingerprint density at radius 3 is 2.50 bits per heavy atom. The number of carbonyl (C=O) groups excluding carboxylic acids is 1. The predicted molar refractivity (Wildman–Crippen MR) is 70.7 cm³/mol. The van der Waals surface area contributed by atoms with Crippen molar-refractivity contribution < 1.29 is 4.79 Å². The molecule has 88 valence electrons. The topological polar surface area (TPSA) is 29.1 Å². The molecule has 0 rings (SSSR count). The van der Waals surface area contributed by atoms with Gasteiger partial charge in [-0.3, -0.25) is 0 Å². The third-order valence-corrected chi connectivity index (χ3v) is 3.92. The molecule has 1 N–H and O–H groups in total. The van der Waals surface area contributed by atoms with Crippen molar-refractivity contribution in [2.75, 3.05) is 0 Å². The van der Waals surface area contributed by atoms with Gasteiger partial charge in [0.25, 0.3) is 0 Å². The summed E-state index contributed by atoms with van der Waals surface area (Å²) in [5.41, 5.74) is 0. The quantitative estimate of drug-likeness (QED) is 0.351. The molecule has 1 atom stereocenters. The van der Waals surface area contributed by atoms with Crippen molar-refractivity contribution in [3.8, 4) is 0 Å². The minimum atomic E-state index is -0.0215. The zero-order chi connectivity index (χ0) is 12.2. The van der Waals surface area contributed by atoms with Crippen LogP contribution in [0.2, 0.25) is 3.67 Å². The van der Waals surface area contributed by atoms with E-state index in [4.69, 9.17) is 0 Å². The van der Waals surface area contributed by atoms with Gasteiger partial charge < -0.3 is 0 Å². The van der Waals surface area contributed by atoms with Crippen molar-refractivity contribution in [3.63, 3.8) is 0 Å². The number of nitrogens with one attached hydrogen (secondary N) is 1. The van der Waals surface area contributed by atoms with E-state index in [9.17, 15) is 4.79 Å². The molecule has 0 aromatic heterocycles. The summed E-state index contributed by atoms with van der Waals surface area (Å²) in [7, 11) is 0. The normalized spacial score (nSPS) is 12.2. The van der Waals surface area contributed by atoms with E-state index < -0.39 is 0 Å². The minimum absolute atomic E-state index is 0.0215. The Balaban J connectivity index is 3.47. The molecule has 0 aromatic carbocycles. The van der Waals surface area contributed by atoms with E-state index >= 15 is 0 Å². The van der Waals surface area contributed by atoms with E-state index in [0.29, 0.717) is 6.04 Å². The van der Waals surface area contributed by atoms with Crippen LogP contribution in [0, 0.1) is 0 Å². The molecule has 1 amide bonds. The third kappa shape index (κ3) is 9.44. The Morgan fingerprint density at radius 1 is 1.31 bits per heavy atom. The second kappa shape index (κ2) is 11.7. The summed E-state index contributed by atoms with van der Waals surface area (Å²) in [6.45, 7) is 5.72. The van der Waals surface area contributed by atoms with Crippen LogP contribution in [0.1, 0.15) is 51.9 Å². The summed E-state index contributed by atoms with van der Waals surface area (Å²) in [5.74, 6) is -0.0215. The predicted octanol–water partition coefficient (Wildman–Crippen LogP) is 2.99. The first-order valence-corrected chi connectivity index (χ1v) is 8.08. The molecule has 0 spiro atoms. The number of hydrogen-bond donors (Lipinski definition) is 1. The van der Waals surface area contributed by atoms with Gasteiger partial charge in [-0.2, -0.15) is 0 Å². The molecule has 0 radical (unpaired) electrons. The zero-order valence-electron chi connectivity index (χ0n) is 10.9. The monoisotopic (exact) mass is 233 g/mol. The van der Waals surface area contributed by atoms with Crippen LogP contribution in [0.25, 0.3) is 0 Å². The number of unbranched alkanes of at least 4 members (excludes halogenated alkanes) is 5. The fourth-order valence-corrected chi connectivity index (χ4v) is 2.42. The maximum absolute atomic E-state index is 11.1. The molecule has 0 aliphatic heterocycles. The van der Waals surface area contributed by atoms with Crippen molar-refractivity contribution in [2.45, 2.75) is 61.6 Å². The fourth-order valence-electron chi connectivity index (χ4n) is 1.81. The van der Waals surface area contributed by atoms with E-state index in [1.54, 1.807) is 0 Å². The van der Waals surface area contributed by atoms with Gasteiger partial charge in [0.1, 0.15) is 0 Å². The van der Waals surface area contributed by atoms with Gasteiger partial charge >= 0.3 is 118 Å². The molecule has 0 aromatic rings. The third-order valence-electron chi connectivity index (χ3n) is 2.93. The van der Waals surface area contributed by atoms with Crippen LogP contribution >= 0.6 is 0 Å². The molecule has 0 aliphatic rings. The number of rotatable bonds is 10. The molecular formula is C13H24NNaO. The number of amides is 1. The van der Waals surface area contributed by atoms with E-state index in [0.717, 1.165) is 38.0 Å². The van der Waals surface area contributed by atoms with Crippen LogP contribution in [-0.4, -0.2) is 39.9 Å². The molecule has 16 heavy (non-hydrogen) atoms. The molecular weight excluding hydrogens is 209 g/mol. The molecule has 0 saturated carbocycles. The fraction of sp³-hybridized carbons (Fsp3) is 0.769. The molecule has 3 heteroatoms. The maximum atomic E-state index is 11.1. The van der Waals surface area contributed by atoms with Crippen molar-refractivity contribution in [1.82, 2.24) is 5.32 Å². The van der Waals surface area contributed by atoms with Crippen LogP contribution in [0.15, 0.2) is 12.7 Å². The number of hydrogen-bond acceptors (Lipinski definition) is 1. The number of carbonyl (C=O) groups is 1. The van der Waals surface area contributed by atoms with Crippen LogP contribution in [-0.2, 0) is 4.79 Å². The zero-order valence-corrected chi connectivity index (χ0v) is 12.9. The standard InChI is InChI=1S/C13H24NO.Na/c1-4-6-7-8-9-10-11-12(3)14-13(15)5-2;/h5,12H,2-4,6-11H2,1H3,(H,14,15);. The van der Waals surface area contributed by atoms with Crippen LogP contribution in [0.4, 0.5) is 0 Å². The summed E-state index contributed by atoms with van der Waals surface area (Å²) in [6.07, 6.45) is 10.4. The summed E-state index contributed by atoms with van der Waals surface area (Å²) >= 11 is 1.15. The van der Waals surface area contributed by atoms with Crippen molar-refractivity contribution in [1.29, 1.82) is 0 Å². The van der Waals surface area contributed by atoms with Gasteiger partial charge in [-0.25, -0.2) is 0 Å². The van der Waals surface area contributed by atoms with E-state index in [1.165, 1.54) is 44.6 Å². The Labute approximate surface area is 118 Å². The first kappa shape index (κ1) is 16.2. The van der Waals surface area contributed by atoms with Gasteiger partial charge in [-0.05, 0) is 0 Å². The van der Waals surface area contributed by atoms with Gasteiger partial charge in [0.05, 0.1) is 0 Å². The average Bonchev–Trinajstić information content (AvgIpc) is 2.31. The van der Waals surface area contributed by atoms with Crippen LogP contribution in [0.5, 0.6) is 0 Å². The average molecular weight is 233 g/mol. The molecule has 0 heterocycles. The Bertz CT molecular complexity index is 194. The second-order valence-corrected chi connectivity index (χ2v) is 5.19. The van der Waals surface area contributed by atoms with Crippen molar-refractivity contribution >= 4 is 33.8 Å². The first-order valence-electron chi connectivity index (χ1n) is 6.67. The molecule has 0 saturated heterocycles. The Kier molecular flexibility index (Phi) is 11.8. The van der Waals surface area contributed by atoms with Crippen molar-refractivity contribution in [3.05, 3.63) is 12.7 Å². The van der Waals surface area contributed by atoms with Gasteiger partial charge in [0.15, 0.2) is 0 Å². The summed E-state index contributed by atoms with van der Waals surface area (Å²) in [5, 5.41) is 3.00. The van der Waals surface area contributed by atoms with E-state index in [1.807, 2.05) is 0 Å². The van der Waals surface area contributed by atoms with Gasteiger partial charge in [0.2, 0.25) is 0 Å². The molecule has 0 aliphatic carbocycles. The Hall–Kier alpha value is 0.210. The summed E-state index contributed by atoms with van der Waals surface area (Å²) in [4.78, 5) is 11.1. The van der Waals surface area contributed by atoms with E-state index in [-0.39, 0.29) is 5.91 Å². The molecule has 1 unspecified atom stereocenters. The molecule has 0 fully saturated rings. The van der Waals surface area contributed by atoms with Gasteiger partial charge in [0, 0.05) is 0 Å². The first-order chi connectivity index (χ1) is 7.74. The summed E-state index contributed by atoms with van der Waals surface area (Å²) in [6, 6.07) is 0.392. The van der Waals surface area contributed by atoms with Gasteiger partial charge in [-0.15, -0.1) is 0 Å². The van der Waals surface area contributed by atoms with Crippen LogP contribution < -0.4 is 5.32 Å². The van der Waals surface area contributed by atoms with E-state index in [2.05, 4.69) is 18.8 Å². The summed E-state index contributed by atoms with van der Waals surface area (Å²) < 4.78 is 1.15. The Morgan fingerprint density at radius 2 is 1.94 bits per heavy atom.